The van der Waals surface area contributed by atoms with Crippen molar-refractivity contribution in [1.29, 1.82) is 0 Å². The van der Waals surface area contributed by atoms with Crippen LogP contribution in [-0.4, -0.2) is 33.9 Å². The molecule has 1 saturated heterocycles. The third kappa shape index (κ3) is 5.14. The number of rotatable bonds is 4. The fourth-order valence-corrected chi connectivity index (χ4v) is 3.61. The van der Waals surface area contributed by atoms with Crippen molar-refractivity contribution in [2.45, 2.75) is 19.4 Å². The predicted octanol–water partition coefficient (Wildman–Crippen LogP) is 3.16. The van der Waals surface area contributed by atoms with Crippen molar-refractivity contribution < 1.29 is 4.79 Å². The van der Waals surface area contributed by atoms with Crippen LogP contribution in [0.15, 0.2) is 29.0 Å². The first-order valence-electron chi connectivity index (χ1n) is 7.45. The predicted molar refractivity (Wildman–Crippen MR) is 102 cm³/mol. The number of carbonyl (C=O) groups is 1. The quantitative estimate of drug-likeness (QED) is 0.775. The molecule has 3 rings (SSSR count). The molecule has 0 radical (unpaired) electrons. The van der Waals surface area contributed by atoms with Gasteiger partial charge < -0.3 is 11.1 Å². The first-order chi connectivity index (χ1) is 11.1. The molecular formula is C15H19BrClN5OS. The van der Waals surface area contributed by atoms with Gasteiger partial charge in [0.1, 0.15) is 5.82 Å². The maximum atomic E-state index is 12.3. The summed E-state index contributed by atoms with van der Waals surface area (Å²) in [6, 6.07) is 3.66. The van der Waals surface area contributed by atoms with Crippen molar-refractivity contribution in [2.75, 3.05) is 24.1 Å². The van der Waals surface area contributed by atoms with Crippen molar-refractivity contribution in [3.05, 3.63) is 33.9 Å². The summed E-state index contributed by atoms with van der Waals surface area (Å²) in [6.45, 7) is 2.67. The minimum Gasteiger partial charge on any atom is -0.375 e. The average molecular weight is 433 g/mol. The van der Waals surface area contributed by atoms with Crippen molar-refractivity contribution in [3.8, 4) is 0 Å². The van der Waals surface area contributed by atoms with Crippen molar-refractivity contribution in [3.63, 3.8) is 0 Å². The number of carbonyl (C=O) groups excluding carboxylic acids is 1. The molecule has 9 heteroatoms. The third-order valence-corrected chi connectivity index (χ3v) is 5.17. The summed E-state index contributed by atoms with van der Waals surface area (Å²) in [6.07, 6.45) is 5.23. The van der Waals surface area contributed by atoms with E-state index in [9.17, 15) is 4.79 Å². The second-order valence-corrected chi connectivity index (χ2v) is 7.63. The Labute approximate surface area is 159 Å². The molecular weight excluding hydrogens is 414 g/mol. The molecule has 1 aliphatic heterocycles. The van der Waals surface area contributed by atoms with E-state index in [0.29, 0.717) is 10.9 Å². The Morgan fingerprint density at radius 3 is 2.67 bits per heavy atom. The van der Waals surface area contributed by atoms with Crippen LogP contribution >= 0.6 is 39.7 Å². The molecule has 1 amide bonds. The highest BCUT2D eigenvalue weighted by atomic mass is 79.9. The van der Waals surface area contributed by atoms with Crippen LogP contribution < -0.4 is 11.1 Å². The number of thiazole rings is 1. The number of pyridine rings is 1. The van der Waals surface area contributed by atoms with Gasteiger partial charge in [-0.3, -0.25) is 9.69 Å². The number of hydrogen-bond donors (Lipinski definition) is 2. The smallest absolute Gasteiger partial charge is 0.228 e. The number of hydrogen-bond acceptors (Lipinski definition) is 6. The summed E-state index contributed by atoms with van der Waals surface area (Å²) in [5.41, 5.74) is 5.66. The SMILES string of the molecule is Cl.Nc1ncc(CN2CCC(C(=O)Nc3ccc(Br)cn3)CC2)s1. The Morgan fingerprint density at radius 2 is 2.08 bits per heavy atom. The fourth-order valence-electron chi connectivity index (χ4n) is 2.65. The van der Waals surface area contributed by atoms with Crippen molar-refractivity contribution in [2.24, 2.45) is 5.92 Å². The topological polar surface area (TPSA) is 84.1 Å². The van der Waals surface area contributed by atoms with Crippen molar-refractivity contribution in [1.82, 2.24) is 14.9 Å². The number of likely N-dealkylation sites (tertiary alicyclic amines) is 1. The Kier molecular flexibility index (Phi) is 6.97. The van der Waals surface area contributed by atoms with Crippen LogP contribution in [0.25, 0.3) is 0 Å². The minimum absolute atomic E-state index is 0. The van der Waals surface area contributed by atoms with Crippen LogP contribution in [0.2, 0.25) is 0 Å². The van der Waals surface area contributed by atoms with E-state index in [-0.39, 0.29) is 24.2 Å². The standard InChI is InChI=1S/C15H18BrN5OS.ClH/c16-11-1-2-13(18-7-11)20-14(22)10-3-5-21(6-4-10)9-12-8-19-15(17)23-12;/h1-2,7-8,10H,3-6,9H2,(H2,17,19)(H,18,20,22);1H. The Morgan fingerprint density at radius 1 is 1.33 bits per heavy atom. The van der Waals surface area contributed by atoms with Gasteiger partial charge in [0, 0.05) is 34.2 Å². The molecule has 0 aliphatic carbocycles. The molecule has 1 fully saturated rings. The number of aromatic nitrogens is 2. The number of halogens is 2. The van der Waals surface area contributed by atoms with Gasteiger partial charge in [-0.05, 0) is 54.0 Å². The number of nitrogens with two attached hydrogens (primary N) is 1. The van der Waals surface area contributed by atoms with Gasteiger partial charge in [-0.1, -0.05) is 0 Å². The lowest BCUT2D eigenvalue weighted by Gasteiger charge is -2.30. The number of nitrogens with zero attached hydrogens (tertiary/aromatic N) is 3. The van der Waals surface area contributed by atoms with E-state index in [2.05, 4.69) is 36.1 Å². The third-order valence-electron chi connectivity index (χ3n) is 3.89. The zero-order chi connectivity index (χ0) is 16.2. The summed E-state index contributed by atoms with van der Waals surface area (Å²) in [5.74, 6) is 0.700. The summed E-state index contributed by atoms with van der Waals surface area (Å²) in [7, 11) is 0. The number of anilines is 2. The first-order valence-corrected chi connectivity index (χ1v) is 9.06. The number of amides is 1. The number of nitrogen functional groups attached to an aromatic ring is 1. The Hall–Kier alpha value is -1.22. The molecule has 1 aliphatic rings. The Bertz CT molecular complexity index is 673. The molecule has 130 valence electrons. The van der Waals surface area contributed by atoms with Gasteiger partial charge in [-0.2, -0.15) is 0 Å². The van der Waals surface area contributed by atoms with Crippen LogP contribution in [0.5, 0.6) is 0 Å². The van der Waals surface area contributed by atoms with Gasteiger partial charge in [0.2, 0.25) is 5.91 Å². The molecule has 6 nitrogen and oxygen atoms in total. The van der Waals surface area contributed by atoms with Gasteiger partial charge in [0.05, 0.1) is 0 Å². The van der Waals surface area contributed by atoms with E-state index in [1.54, 1.807) is 12.3 Å². The van der Waals surface area contributed by atoms with Crippen molar-refractivity contribution >= 4 is 56.5 Å². The zero-order valence-electron chi connectivity index (χ0n) is 12.9. The van der Waals surface area contributed by atoms with Gasteiger partial charge in [0.15, 0.2) is 5.13 Å². The van der Waals surface area contributed by atoms with Gasteiger partial charge in [-0.15, -0.1) is 23.7 Å². The second-order valence-electron chi connectivity index (χ2n) is 5.57. The lowest BCUT2D eigenvalue weighted by Crippen LogP contribution is -2.37. The average Bonchev–Trinajstić information content (AvgIpc) is 2.95. The van der Waals surface area contributed by atoms with E-state index < -0.39 is 0 Å². The number of piperidine rings is 1. The zero-order valence-corrected chi connectivity index (χ0v) is 16.2. The maximum absolute atomic E-state index is 12.3. The van der Waals surface area contributed by atoms with E-state index >= 15 is 0 Å². The monoisotopic (exact) mass is 431 g/mol. The highest BCUT2D eigenvalue weighted by Crippen LogP contribution is 2.23. The highest BCUT2D eigenvalue weighted by molar-refractivity contribution is 9.10. The summed E-state index contributed by atoms with van der Waals surface area (Å²) in [4.78, 5) is 24.1. The Balaban J connectivity index is 0.00000208. The van der Waals surface area contributed by atoms with Crippen LogP contribution in [0.4, 0.5) is 10.9 Å². The van der Waals surface area contributed by atoms with E-state index in [4.69, 9.17) is 5.73 Å². The molecule has 0 unspecified atom stereocenters. The summed E-state index contributed by atoms with van der Waals surface area (Å²) < 4.78 is 0.896. The molecule has 3 heterocycles. The molecule has 3 N–H and O–H groups in total. The molecule has 0 spiro atoms. The van der Waals surface area contributed by atoms with Crippen LogP contribution in [-0.2, 0) is 11.3 Å². The molecule has 2 aromatic heterocycles. The molecule has 24 heavy (non-hydrogen) atoms. The highest BCUT2D eigenvalue weighted by Gasteiger charge is 2.25. The van der Waals surface area contributed by atoms with E-state index in [1.807, 2.05) is 12.3 Å². The fraction of sp³-hybridized carbons (Fsp3) is 0.400. The van der Waals surface area contributed by atoms with E-state index in [1.165, 1.54) is 16.2 Å². The van der Waals surface area contributed by atoms with Gasteiger partial charge in [0.25, 0.3) is 0 Å². The molecule has 0 atom stereocenters. The summed E-state index contributed by atoms with van der Waals surface area (Å²) in [5, 5.41) is 3.50. The largest absolute Gasteiger partial charge is 0.375 e. The normalized spacial score (nSPS) is 15.7. The van der Waals surface area contributed by atoms with Crippen LogP contribution in [0.1, 0.15) is 17.7 Å². The molecule has 0 saturated carbocycles. The first kappa shape index (κ1) is 19.1. The lowest BCUT2D eigenvalue weighted by atomic mass is 9.96. The van der Waals surface area contributed by atoms with Crippen LogP contribution in [0.3, 0.4) is 0 Å². The number of nitrogens with one attached hydrogen (secondary N) is 1. The van der Waals surface area contributed by atoms with Gasteiger partial charge >= 0.3 is 0 Å². The lowest BCUT2D eigenvalue weighted by molar-refractivity contribution is -0.121. The molecule has 2 aromatic rings. The summed E-state index contributed by atoms with van der Waals surface area (Å²) >= 11 is 4.86. The second kappa shape index (κ2) is 8.75. The minimum atomic E-state index is 0. The van der Waals surface area contributed by atoms with Gasteiger partial charge in [-0.25, -0.2) is 9.97 Å². The van der Waals surface area contributed by atoms with E-state index in [0.717, 1.165) is 36.9 Å². The molecule has 0 bridgehead atoms. The van der Waals surface area contributed by atoms with Crippen LogP contribution in [0, 0.1) is 5.92 Å². The molecule has 0 aromatic carbocycles. The maximum Gasteiger partial charge on any atom is 0.228 e.